The molecule has 0 unspecified atom stereocenters. The Bertz CT molecular complexity index is 631. The van der Waals surface area contributed by atoms with Crippen LogP contribution >= 0.6 is 11.6 Å². The van der Waals surface area contributed by atoms with Gasteiger partial charge in [0.1, 0.15) is 0 Å². The van der Waals surface area contributed by atoms with Gasteiger partial charge in [0.05, 0.1) is 5.75 Å². The average molecular weight is 331 g/mol. The van der Waals surface area contributed by atoms with Gasteiger partial charge >= 0.3 is 0 Å². The lowest BCUT2D eigenvalue weighted by Crippen LogP contribution is -2.25. The highest BCUT2D eigenvalue weighted by Gasteiger charge is 2.22. The van der Waals surface area contributed by atoms with E-state index in [1.165, 1.54) is 6.92 Å². The second-order valence-corrected chi connectivity index (χ2v) is 7.30. The van der Waals surface area contributed by atoms with Gasteiger partial charge in [-0.05, 0) is 43.0 Å². The summed E-state index contributed by atoms with van der Waals surface area (Å²) in [5.74, 6) is 0.536. The average Bonchev–Trinajstić information content (AvgIpc) is 2.81. The largest absolute Gasteiger partial charge is 0.312 e. The standard InChI is InChI=1S/C14H19ClN2O3S/c1-11(18)17-8-6-12-10-13(4-5-14(12)17)16-21(19,20)9-3-2-7-15/h4-5,10,16H,2-3,6-9H2,1H3. The van der Waals surface area contributed by atoms with Crippen molar-refractivity contribution in [3.63, 3.8) is 0 Å². The third-order valence-corrected chi connectivity index (χ3v) is 5.07. The Hall–Kier alpha value is -1.27. The molecule has 1 aromatic rings. The van der Waals surface area contributed by atoms with Crippen molar-refractivity contribution in [2.24, 2.45) is 0 Å². The number of rotatable bonds is 6. The van der Waals surface area contributed by atoms with Crippen molar-refractivity contribution in [2.75, 3.05) is 27.8 Å². The molecule has 1 aromatic carbocycles. The molecule has 1 N–H and O–H groups in total. The van der Waals surface area contributed by atoms with Crippen LogP contribution in [0.5, 0.6) is 0 Å². The molecule has 1 amide bonds. The third kappa shape index (κ3) is 4.11. The number of anilines is 2. The molecule has 1 aliphatic heterocycles. The highest BCUT2D eigenvalue weighted by Crippen LogP contribution is 2.30. The summed E-state index contributed by atoms with van der Waals surface area (Å²) >= 11 is 5.55. The van der Waals surface area contributed by atoms with E-state index in [0.717, 1.165) is 17.7 Å². The van der Waals surface area contributed by atoms with Crippen molar-refractivity contribution in [3.05, 3.63) is 23.8 Å². The first kappa shape index (κ1) is 16.1. The first-order valence-electron chi connectivity index (χ1n) is 6.90. The number of benzene rings is 1. The van der Waals surface area contributed by atoms with Crippen molar-refractivity contribution < 1.29 is 13.2 Å². The van der Waals surface area contributed by atoms with E-state index in [9.17, 15) is 13.2 Å². The van der Waals surface area contributed by atoms with Crippen LogP contribution in [0, 0.1) is 0 Å². The molecule has 1 aliphatic rings. The highest BCUT2D eigenvalue weighted by atomic mass is 35.5. The van der Waals surface area contributed by atoms with Gasteiger partial charge in [-0.25, -0.2) is 8.42 Å². The van der Waals surface area contributed by atoms with Crippen LogP contribution in [0.25, 0.3) is 0 Å². The van der Waals surface area contributed by atoms with E-state index in [1.807, 2.05) is 0 Å². The molecular weight excluding hydrogens is 312 g/mol. The van der Waals surface area contributed by atoms with Gasteiger partial charge < -0.3 is 4.90 Å². The first-order valence-corrected chi connectivity index (χ1v) is 9.09. The van der Waals surface area contributed by atoms with Gasteiger partial charge in [-0.3, -0.25) is 9.52 Å². The molecule has 0 atom stereocenters. The normalized spacial score (nSPS) is 14.1. The van der Waals surface area contributed by atoms with Crippen LogP contribution in [0.1, 0.15) is 25.3 Å². The van der Waals surface area contributed by atoms with E-state index >= 15 is 0 Å². The number of hydrogen-bond donors (Lipinski definition) is 1. The number of fused-ring (bicyclic) bond motifs is 1. The number of nitrogens with zero attached hydrogens (tertiary/aromatic N) is 1. The monoisotopic (exact) mass is 330 g/mol. The van der Waals surface area contributed by atoms with Crippen LogP contribution in [-0.2, 0) is 21.2 Å². The number of hydrogen-bond acceptors (Lipinski definition) is 3. The lowest BCUT2D eigenvalue weighted by atomic mass is 10.1. The molecule has 1 heterocycles. The number of sulfonamides is 1. The Morgan fingerprint density at radius 2 is 2.14 bits per heavy atom. The van der Waals surface area contributed by atoms with Crippen LogP contribution in [0.2, 0.25) is 0 Å². The molecule has 7 heteroatoms. The topological polar surface area (TPSA) is 66.5 Å². The molecule has 0 spiro atoms. The third-order valence-electron chi connectivity index (χ3n) is 3.43. The Morgan fingerprint density at radius 3 is 2.81 bits per heavy atom. The summed E-state index contributed by atoms with van der Waals surface area (Å²) in [6, 6.07) is 5.29. The molecule has 0 bridgehead atoms. The molecule has 0 fully saturated rings. The summed E-state index contributed by atoms with van der Waals surface area (Å²) in [5.41, 5.74) is 2.41. The summed E-state index contributed by atoms with van der Waals surface area (Å²) in [6.45, 7) is 2.18. The Labute approximate surface area is 130 Å². The van der Waals surface area contributed by atoms with Crippen molar-refractivity contribution in [3.8, 4) is 0 Å². The fraction of sp³-hybridized carbons (Fsp3) is 0.500. The second kappa shape index (κ2) is 6.66. The smallest absolute Gasteiger partial charge is 0.232 e. The van der Waals surface area contributed by atoms with Crippen molar-refractivity contribution in [1.82, 2.24) is 0 Å². The molecule has 5 nitrogen and oxygen atoms in total. The Morgan fingerprint density at radius 1 is 1.38 bits per heavy atom. The molecule has 21 heavy (non-hydrogen) atoms. The van der Waals surface area contributed by atoms with E-state index in [4.69, 9.17) is 11.6 Å². The zero-order valence-corrected chi connectivity index (χ0v) is 13.5. The predicted molar refractivity (Wildman–Crippen MR) is 85.5 cm³/mol. The number of alkyl halides is 1. The summed E-state index contributed by atoms with van der Waals surface area (Å²) in [6.07, 6.45) is 1.97. The van der Waals surface area contributed by atoms with Crippen LogP contribution in [0.4, 0.5) is 11.4 Å². The Kier molecular flexibility index (Phi) is 5.11. The van der Waals surface area contributed by atoms with Crippen LogP contribution < -0.4 is 9.62 Å². The molecule has 0 saturated heterocycles. The number of unbranched alkanes of at least 4 members (excludes halogenated alkanes) is 1. The lowest BCUT2D eigenvalue weighted by Gasteiger charge is -2.15. The maximum Gasteiger partial charge on any atom is 0.232 e. The zero-order chi connectivity index (χ0) is 15.5. The molecule has 0 aromatic heterocycles. The quantitative estimate of drug-likeness (QED) is 0.643. The molecular formula is C14H19ClN2O3S. The first-order chi connectivity index (χ1) is 9.93. The Balaban J connectivity index is 2.08. The minimum absolute atomic E-state index is 0.00292. The number of amides is 1. The van der Waals surface area contributed by atoms with Gasteiger partial charge in [0.2, 0.25) is 15.9 Å². The summed E-state index contributed by atoms with van der Waals surface area (Å²) in [7, 11) is -3.34. The van der Waals surface area contributed by atoms with E-state index in [-0.39, 0.29) is 11.7 Å². The van der Waals surface area contributed by atoms with E-state index < -0.39 is 10.0 Å². The van der Waals surface area contributed by atoms with Gasteiger partial charge in [-0.1, -0.05) is 0 Å². The number of nitrogens with one attached hydrogen (secondary N) is 1. The maximum atomic E-state index is 11.9. The molecule has 0 aliphatic carbocycles. The van der Waals surface area contributed by atoms with Crippen molar-refractivity contribution in [2.45, 2.75) is 26.2 Å². The van der Waals surface area contributed by atoms with E-state index in [0.29, 0.717) is 31.0 Å². The van der Waals surface area contributed by atoms with E-state index in [1.54, 1.807) is 23.1 Å². The number of halogens is 1. The van der Waals surface area contributed by atoms with Crippen molar-refractivity contribution in [1.29, 1.82) is 0 Å². The van der Waals surface area contributed by atoms with Crippen LogP contribution in [-0.4, -0.2) is 32.5 Å². The zero-order valence-electron chi connectivity index (χ0n) is 11.9. The molecule has 0 radical (unpaired) electrons. The van der Waals surface area contributed by atoms with Crippen LogP contribution in [0.3, 0.4) is 0 Å². The van der Waals surface area contributed by atoms with E-state index in [2.05, 4.69) is 4.72 Å². The minimum Gasteiger partial charge on any atom is -0.312 e. The van der Waals surface area contributed by atoms with Gasteiger partial charge in [0, 0.05) is 30.7 Å². The summed E-state index contributed by atoms with van der Waals surface area (Å²) < 4.78 is 26.4. The second-order valence-electron chi connectivity index (χ2n) is 5.08. The lowest BCUT2D eigenvalue weighted by molar-refractivity contribution is -0.116. The number of carbonyl (C=O) groups excluding carboxylic acids is 1. The van der Waals surface area contributed by atoms with Gasteiger partial charge in [0.15, 0.2) is 0 Å². The predicted octanol–water partition coefficient (Wildman–Crippen LogP) is 2.36. The molecule has 0 saturated carbocycles. The minimum atomic E-state index is -3.34. The highest BCUT2D eigenvalue weighted by molar-refractivity contribution is 7.92. The fourth-order valence-electron chi connectivity index (χ4n) is 2.41. The van der Waals surface area contributed by atoms with Gasteiger partial charge in [0.25, 0.3) is 0 Å². The number of carbonyl (C=O) groups is 1. The van der Waals surface area contributed by atoms with Gasteiger partial charge in [-0.2, -0.15) is 0 Å². The molecule has 116 valence electrons. The fourth-order valence-corrected chi connectivity index (χ4v) is 3.77. The van der Waals surface area contributed by atoms with Crippen molar-refractivity contribution >= 4 is 38.9 Å². The SMILES string of the molecule is CC(=O)N1CCc2cc(NS(=O)(=O)CCCCCl)ccc21. The van der Waals surface area contributed by atoms with Crippen LogP contribution in [0.15, 0.2) is 18.2 Å². The summed E-state index contributed by atoms with van der Waals surface area (Å²) in [5, 5.41) is 0. The molecule has 2 rings (SSSR count). The van der Waals surface area contributed by atoms with Gasteiger partial charge in [-0.15, -0.1) is 11.6 Å². The summed E-state index contributed by atoms with van der Waals surface area (Å²) in [4.78, 5) is 13.2. The maximum absolute atomic E-state index is 11.9.